The maximum atomic E-state index is 12.4. The number of carbonyl (C=O) groups excluding carboxylic acids is 2. The van der Waals surface area contributed by atoms with Crippen LogP contribution in [0.5, 0.6) is 5.75 Å². The van der Waals surface area contributed by atoms with Gasteiger partial charge in [0, 0.05) is 47.3 Å². The number of nitrogens with zero attached hydrogens (tertiary/aromatic N) is 3. The third kappa shape index (κ3) is 6.19. The number of aliphatic hydroxyl groups excluding tert-OH is 3. The van der Waals surface area contributed by atoms with Crippen molar-refractivity contribution in [1.82, 2.24) is 15.4 Å². The molecule has 2 unspecified atom stereocenters. The molecular formula is C23H22N4O6. The Balaban J connectivity index is 1.76. The van der Waals surface area contributed by atoms with E-state index in [0.29, 0.717) is 16.8 Å². The number of hydrazone groups is 1. The van der Waals surface area contributed by atoms with Crippen LogP contribution < -0.4 is 10.2 Å². The Kier molecular flexibility index (Phi) is 7.79. The van der Waals surface area contributed by atoms with Crippen LogP contribution >= 0.6 is 0 Å². The molecule has 1 aliphatic rings. The van der Waals surface area contributed by atoms with Crippen molar-refractivity contribution in [3.05, 3.63) is 89.2 Å². The van der Waals surface area contributed by atoms with Crippen molar-refractivity contribution in [3.8, 4) is 5.75 Å². The van der Waals surface area contributed by atoms with Gasteiger partial charge in [-0.05, 0) is 31.2 Å². The van der Waals surface area contributed by atoms with E-state index < -0.39 is 30.5 Å². The zero-order valence-corrected chi connectivity index (χ0v) is 17.6. The lowest BCUT2D eigenvalue weighted by molar-refractivity contribution is -0.129. The standard InChI is InChI=1S/C23H22N4O6/c1-14-22(33-21(31)5-3-15-2-4-18(29)10-20(15)30)19(17(13-28)11-25-14)12-26-27-23(32)16-6-8-24-9-7-16/h2-12,15,20,28-30H,13H2,1H3,(H,27,32)/b5-3+,26-12+. The highest BCUT2D eigenvalue weighted by Gasteiger charge is 2.18. The monoisotopic (exact) mass is 450 g/mol. The molecule has 10 nitrogen and oxygen atoms in total. The van der Waals surface area contributed by atoms with E-state index in [-0.39, 0.29) is 17.1 Å². The number of pyridine rings is 2. The lowest BCUT2D eigenvalue weighted by atomic mass is 9.96. The van der Waals surface area contributed by atoms with Crippen LogP contribution in [0.1, 0.15) is 27.2 Å². The van der Waals surface area contributed by atoms with Crippen LogP contribution in [0.4, 0.5) is 0 Å². The zero-order valence-electron chi connectivity index (χ0n) is 17.6. The van der Waals surface area contributed by atoms with E-state index in [2.05, 4.69) is 20.5 Å². The smallest absolute Gasteiger partial charge is 0.335 e. The molecule has 0 radical (unpaired) electrons. The van der Waals surface area contributed by atoms with Gasteiger partial charge in [0.1, 0.15) is 5.76 Å². The zero-order chi connectivity index (χ0) is 23.8. The molecule has 0 saturated carbocycles. The molecule has 2 aromatic heterocycles. The number of esters is 1. The molecule has 0 fully saturated rings. The van der Waals surface area contributed by atoms with E-state index in [4.69, 9.17) is 4.74 Å². The number of aliphatic hydroxyl groups is 3. The van der Waals surface area contributed by atoms with Crippen LogP contribution in [0.25, 0.3) is 0 Å². The minimum Gasteiger partial charge on any atom is -0.508 e. The van der Waals surface area contributed by atoms with Crippen LogP contribution in [-0.4, -0.2) is 49.5 Å². The molecule has 0 aromatic carbocycles. The van der Waals surface area contributed by atoms with Crippen molar-refractivity contribution in [2.24, 2.45) is 11.0 Å². The largest absolute Gasteiger partial charge is 0.508 e. The average molecular weight is 450 g/mol. The second-order valence-electron chi connectivity index (χ2n) is 7.00. The van der Waals surface area contributed by atoms with Crippen molar-refractivity contribution < 1.29 is 29.6 Å². The molecule has 170 valence electrons. The van der Waals surface area contributed by atoms with E-state index >= 15 is 0 Å². The summed E-state index contributed by atoms with van der Waals surface area (Å²) >= 11 is 0. The predicted octanol–water partition coefficient (Wildman–Crippen LogP) is 1.49. The summed E-state index contributed by atoms with van der Waals surface area (Å²) in [5.74, 6) is -1.72. The van der Waals surface area contributed by atoms with Gasteiger partial charge in [0.15, 0.2) is 5.75 Å². The Bertz CT molecular complexity index is 1140. The van der Waals surface area contributed by atoms with Crippen LogP contribution in [-0.2, 0) is 11.4 Å². The normalized spacial score (nSPS) is 17.8. The van der Waals surface area contributed by atoms with Gasteiger partial charge in [-0.2, -0.15) is 5.10 Å². The summed E-state index contributed by atoms with van der Waals surface area (Å²) in [4.78, 5) is 32.5. The van der Waals surface area contributed by atoms with Gasteiger partial charge in [-0.3, -0.25) is 14.8 Å². The molecule has 10 heteroatoms. The van der Waals surface area contributed by atoms with Gasteiger partial charge < -0.3 is 20.1 Å². The Morgan fingerprint density at radius 2 is 2.06 bits per heavy atom. The molecule has 1 amide bonds. The maximum absolute atomic E-state index is 12.4. The van der Waals surface area contributed by atoms with Gasteiger partial charge in [-0.15, -0.1) is 0 Å². The first-order chi connectivity index (χ1) is 15.9. The minimum atomic E-state index is -0.980. The molecule has 33 heavy (non-hydrogen) atoms. The second-order valence-corrected chi connectivity index (χ2v) is 7.00. The van der Waals surface area contributed by atoms with Gasteiger partial charge >= 0.3 is 5.97 Å². The van der Waals surface area contributed by atoms with Crippen LogP contribution in [0, 0.1) is 12.8 Å². The first-order valence-electron chi connectivity index (χ1n) is 9.89. The molecule has 2 heterocycles. The summed E-state index contributed by atoms with van der Waals surface area (Å²) in [6, 6.07) is 3.05. The van der Waals surface area contributed by atoms with Gasteiger partial charge in [0.25, 0.3) is 5.91 Å². The summed E-state index contributed by atoms with van der Waals surface area (Å²) in [5.41, 5.74) is 3.68. The average Bonchev–Trinajstić information content (AvgIpc) is 2.81. The van der Waals surface area contributed by atoms with Gasteiger partial charge in [-0.25, -0.2) is 10.2 Å². The molecule has 0 aliphatic heterocycles. The molecule has 2 aromatic rings. The number of amides is 1. The molecule has 2 atom stereocenters. The number of aryl methyl sites for hydroxylation is 1. The summed E-state index contributed by atoms with van der Waals surface area (Å²) < 4.78 is 5.43. The summed E-state index contributed by atoms with van der Waals surface area (Å²) in [5, 5.41) is 32.9. The number of nitrogens with one attached hydrogen (secondary N) is 1. The Labute approximate surface area is 189 Å². The lowest BCUT2D eigenvalue weighted by Crippen LogP contribution is -2.19. The van der Waals surface area contributed by atoms with Crippen molar-refractivity contribution >= 4 is 18.1 Å². The Hall–Kier alpha value is -4.15. The Morgan fingerprint density at radius 1 is 1.30 bits per heavy atom. The topological polar surface area (TPSA) is 154 Å². The SMILES string of the molecule is Cc1ncc(CO)c(/C=N/NC(=O)c2ccncc2)c1OC(=O)/C=C/C1C=CC(O)=CC1O. The fourth-order valence-electron chi connectivity index (χ4n) is 2.93. The number of carbonyl (C=O) groups is 2. The fourth-order valence-corrected chi connectivity index (χ4v) is 2.93. The predicted molar refractivity (Wildman–Crippen MR) is 118 cm³/mol. The maximum Gasteiger partial charge on any atom is 0.335 e. The van der Waals surface area contributed by atoms with Gasteiger partial charge in [0.05, 0.1) is 24.6 Å². The summed E-state index contributed by atoms with van der Waals surface area (Å²) in [7, 11) is 0. The molecule has 0 saturated heterocycles. The quantitative estimate of drug-likeness (QED) is 0.214. The van der Waals surface area contributed by atoms with Crippen molar-refractivity contribution in [3.63, 3.8) is 0 Å². The van der Waals surface area contributed by atoms with E-state index in [0.717, 1.165) is 6.08 Å². The molecule has 3 rings (SSSR count). The minimum absolute atomic E-state index is 0.0582. The highest BCUT2D eigenvalue weighted by atomic mass is 16.5. The first-order valence-corrected chi connectivity index (χ1v) is 9.89. The fraction of sp³-hybridized carbons (Fsp3) is 0.174. The number of rotatable bonds is 7. The van der Waals surface area contributed by atoms with Crippen molar-refractivity contribution in [2.75, 3.05) is 0 Å². The first kappa shape index (κ1) is 23.5. The summed E-state index contributed by atoms with van der Waals surface area (Å²) in [6.07, 6.45) is 11.4. The van der Waals surface area contributed by atoms with Crippen molar-refractivity contribution in [2.45, 2.75) is 19.6 Å². The highest BCUT2D eigenvalue weighted by molar-refractivity contribution is 5.95. The van der Waals surface area contributed by atoms with Crippen LogP contribution in [0.15, 0.2) is 72.0 Å². The summed E-state index contributed by atoms with van der Waals surface area (Å²) in [6.45, 7) is 1.21. The molecule has 4 N–H and O–H groups in total. The Morgan fingerprint density at radius 3 is 2.76 bits per heavy atom. The third-order valence-corrected chi connectivity index (χ3v) is 4.69. The van der Waals surface area contributed by atoms with Crippen molar-refractivity contribution in [1.29, 1.82) is 0 Å². The van der Waals surface area contributed by atoms with Gasteiger partial charge in [-0.1, -0.05) is 12.2 Å². The van der Waals surface area contributed by atoms with Crippen LogP contribution in [0.3, 0.4) is 0 Å². The highest BCUT2D eigenvalue weighted by Crippen LogP contribution is 2.25. The molecular weight excluding hydrogens is 428 g/mol. The second kappa shape index (κ2) is 10.9. The van der Waals surface area contributed by atoms with E-state index in [1.165, 1.54) is 55.2 Å². The lowest BCUT2D eigenvalue weighted by Gasteiger charge is -2.16. The number of aromatic nitrogens is 2. The number of allylic oxidation sites excluding steroid dienone is 1. The molecule has 0 bridgehead atoms. The van der Waals surface area contributed by atoms with Crippen LogP contribution in [0.2, 0.25) is 0 Å². The molecule has 0 spiro atoms. The molecule has 1 aliphatic carbocycles. The number of hydrogen-bond acceptors (Lipinski definition) is 9. The number of ether oxygens (including phenoxy) is 1. The van der Waals surface area contributed by atoms with Gasteiger partial charge in [0.2, 0.25) is 0 Å². The van der Waals surface area contributed by atoms with E-state index in [1.807, 2.05) is 0 Å². The number of hydrogen-bond donors (Lipinski definition) is 4. The van der Waals surface area contributed by atoms with E-state index in [9.17, 15) is 24.9 Å². The van der Waals surface area contributed by atoms with E-state index in [1.54, 1.807) is 13.0 Å². The third-order valence-electron chi connectivity index (χ3n) is 4.69.